The molecule has 3 heterocycles. The summed E-state index contributed by atoms with van der Waals surface area (Å²) in [6.07, 6.45) is 0. The average Bonchev–Trinajstić information content (AvgIpc) is 3.66. The van der Waals surface area contributed by atoms with E-state index >= 15 is 0 Å². The van der Waals surface area contributed by atoms with Crippen molar-refractivity contribution in [1.82, 2.24) is 9.55 Å². The molecule has 256 valence electrons. The molecule has 0 spiro atoms. The van der Waals surface area contributed by atoms with E-state index in [-0.39, 0.29) is 5.41 Å². The van der Waals surface area contributed by atoms with Crippen LogP contribution in [0.3, 0.4) is 0 Å². The Labute approximate surface area is 323 Å². The minimum absolute atomic E-state index is 0.132. The van der Waals surface area contributed by atoms with E-state index in [9.17, 15) is 0 Å². The first-order valence-electron chi connectivity index (χ1n) is 18.4. The van der Waals surface area contributed by atoms with Crippen LogP contribution in [-0.2, 0) is 5.41 Å². The van der Waals surface area contributed by atoms with Gasteiger partial charge in [-0.25, -0.2) is 4.98 Å². The molecule has 54 heavy (non-hydrogen) atoms. The highest BCUT2D eigenvalue weighted by atomic mass is 32.2. The standard InChI is InChI=1S/C50H34N2S2/c1-50(2)40-29-45-39(27-37(40)38-28-48-49(30-41(38)50)54-47-20-12-11-19-46(47)53-48)36-17-9-10-18-44(36)52(45)35-23-21-33(22-24-35)43-26-34(31-13-5-3-6-14-31)25-42(51-43)32-15-7-4-8-16-32/h3-30H,1-2H3. The first kappa shape index (κ1) is 31.7. The minimum Gasteiger partial charge on any atom is -0.309 e. The molecule has 0 fully saturated rings. The number of hydrogen-bond acceptors (Lipinski definition) is 3. The maximum atomic E-state index is 5.20. The fraction of sp³-hybridized carbons (Fsp3) is 0.0600. The van der Waals surface area contributed by atoms with Gasteiger partial charge in [0.25, 0.3) is 0 Å². The van der Waals surface area contributed by atoms with E-state index in [2.05, 4.69) is 188 Å². The maximum Gasteiger partial charge on any atom is 0.0715 e. The van der Waals surface area contributed by atoms with Crippen molar-refractivity contribution in [3.63, 3.8) is 0 Å². The molecule has 9 aromatic rings. The van der Waals surface area contributed by atoms with Gasteiger partial charge in [-0.05, 0) is 100 Å². The van der Waals surface area contributed by atoms with E-state index in [1.165, 1.54) is 69.2 Å². The van der Waals surface area contributed by atoms with Gasteiger partial charge in [0, 0.05) is 52.6 Å². The fourth-order valence-electron chi connectivity index (χ4n) is 8.51. The molecule has 1 aliphatic heterocycles. The first-order valence-corrected chi connectivity index (χ1v) is 20.1. The largest absolute Gasteiger partial charge is 0.309 e. The third-order valence-electron chi connectivity index (χ3n) is 11.2. The molecule has 0 saturated heterocycles. The Kier molecular flexibility index (Phi) is 7.11. The molecule has 0 amide bonds. The normalized spacial score (nSPS) is 13.7. The molecule has 2 nitrogen and oxygen atoms in total. The lowest BCUT2D eigenvalue weighted by atomic mass is 9.82. The van der Waals surface area contributed by atoms with Gasteiger partial charge >= 0.3 is 0 Å². The number of aromatic nitrogens is 2. The highest BCUT2D eigenvalue weighted by Gasteiger charge is 2.38. The van der Waals surface area contributed by atoms with Crippen molar-refractivity contribution in [1.29, 1.82) is 0 Å². The molecule has 0 saturated carbocycles. The monoisotopic (exact) mass is 726 g/mol. The van der Waals surface area contributed by atoms with Gasteiger partial charge in [-0.1, -0.05) is 140 Å². The maximum absolute atomic E-state index is 5.20. The van der Waals surface area contributed by atoms with Gasteiger partial charge < -0.3 is 4.57 Å². The van der Waals surface area contributed by atoms with E-state index in [1.807, 2.05) is 23.5 Å². The number of pyridine rings is 1. The molecule has 0 unspecified atom stereocenters. The Hall–Kier alpha value is -5.81. The second kappa shape index (κ2) is 12.1. The van der Waals surface area contributed by atoms with Gasteiger partial charge in [0.1, 0.15) is 0 Å². The summed E-state index contributed by atoms with van der Waals surface area (Å²) in [5.74, 6) is 0. The molecule has 0 atom stereocenters. The van der Waals surface area contributed by atoms with Crippen LogP contribution in [0.1, 0.15) is 25.0 Å². The number of benzene rings is 7. The van der Waals surface area contributed by atoms with Crippen molar-refractivity contribution in [2.75, 3.05) is 0 Å². The number of fused-ring (bicyclic) bond motifs is 8. The average molecular weight is 727 g/mol. The Bertz CT molecular complexity index is 2880. The number of para-hydroxylation sites is 1. The predicted molar refractivity (Wildman–Crippen MR) is 227 cm³/mol. The van der Waals surface area contributed by atoms with Crippen LogP contribution in [-0.4, -0.2) is 9.55 Å². The SMILES string of the molecule is CC1(C)c2cc3c(cc2-c2cc4c5ccccc5n(-c5ccc(-c6cc(-c7ccccc7)cc(-c7ccccc7)n6)cc5)c4cc21)Sc1ccccc1S3. The molecule has 2 aliphatic rings. The molecule has 2 aromatic heterocycles. The topological polar surface area (TPSA) is 17.8 Å². The number of hydrogen-bond donors (Lipinski definition) is 0. The Balaban J connectivity index is 1.04. The Morgan fingerprint density at radius 1 is 0.426 bits per heavy atom. The Morgan fingerprint density at radius 2 is 0.981 bits per heavy atom. The van der Waals surface area contributed by atoms with Crippen LogP contribution < -0.4 is 0 Å². The summed E-state index contributed by atoms with van der Waals surface area (Å²) in [4.78, 5) is 10.6. The lowest BCUT2D eigenvalue weighted by Gasteiger charge is -2.24. The third-order valence-corrected chi connectivity index (χ3v) is 13.8. The summed E-state index contributed by atoms with van der Waals surface area (Å²) in [5, 5.41) is 2.55. The second-order valence-corrected chi connectivity index (χ2v) is 17.0. The van der Waals surface area contributed by atoms with Gasteiger partial charge in [-0.15, -0.1) is 0 Å². The lowest BCUT2D eigenvalue weighted by molar-refractivity contribution is 0.658. The number of rotatable bonds is 4. The zero-order valence-electron chi connectivity index (χ0n) is 29.9. The van der Waals surface area contributed by atoms with Crippen molar-refractivity contribution < 1.29 is 0 Å². The van der Waals surface area contributed by atoms with Crippen LogP contribution >= 0.6 is 23.5 Å². The summed E-state index contributed by atoms with van der Waals surface area (Å²) in [6.45, 7) is 4.79. The summed E-state index contributed by atoms with van der Waals surface area (Å²) < 4.78 is 2.45. The predicted octanol–water partition coefficient (Wildman–Crippen LogP) is 14.1. The van der Waals surface area contributed by atoms with E-state index in [0.717, 1.165) is 33.8 Å². The summed E-state index contributed by atoms with van der Waals surface area (Å²) in [7, 11) is 0. The molecule has 11 rings (SSSR count). The zero-order valence-corrected chi connectivity index (χ0v) is 31.5. The molecular formula is C50H34N2S2. The summed E-state index contributed by atoms with van der Waals surface area (Å²) >= 11 is 3.80. The van der Waals surface area contributed by atoms with Crippen LogP contribution in [0.15, 0.2) is 189 Å². The second-order valence-electron chi connectivity index (χ2n) is 14.8. The van der Waals surface area contributed by atoms with E-state index in [0.29, 0.717) is 0 Å². The highest BCUT2D eigenvalue weighted by molar-refractivity contribution is 8.05. The summed E-state index contributed by atoms with van der Waals surface area (Å²) in [6, 6.07) is 61.9. The fourth-order valence-corrected chi connectivity index (χ4v) is 10.8. The van der Waals surface area contributed by atoms with Crippen LogP contribution in [0.25, 0.3) is 72.3 Å². The van der Waals surface area contributed by atoms with Crippen LogP contribution in [0.5, 0.6) is 0 Å². The van der Waals surface area contributed by atoms with Crippen molar-refractivity contribution >= 4 is 45.3 Å². The zero-order chi connectivity index (χ0) is 36.0. The number of nitrogens with zero attached hydrogens (tertiary/aromatic N) is 2. The van der Waals surface area contributed by atoms with Gasteiger partial charge in [0.15, 0.2) is 0 Å². The lowest BCUT2D eigenvalue weighted by Crippen LogP contribution is -2.15. The van der Waals surface area contributed by atoms with Crippen molar-refractivity contribution in [2.24, 2.45) is 0 Å². The van der Waals surface area contributed by atoms with Gasteiger partial charge in [0.2, 0.25) is 0 Å². The van der Waals surface area contributed by atoms with Crippen molar-refractivity contribution in [2.45, 2.75) is 38.8 Å². The highest BCUT2D eigenvalue weighted by Crippen LogP contribution is 2.56. The molecule has 0 radical (unpaired) electrons. The molecule has 7 aromatic carbocycles. The Morgan fingerprint density at radius 3 is 1.69 bits per heavy atom. The van der Waals surface area contributed by atoms with E-state index in [1.54, 1.807) is 0 Å². The minimum atomic E-state index is -0.132. The third kappa shape index (κ3) is 4.94. The molecule has 0 bridgehead atoms. The van der Waals surface area contributed by atoms with Gasteiger partial charge in [-0.2, -0.15) is 0 Å². The summed E-state index contributed by atoms with van der Waals surface area (Å²) in [5.41, 5.74) is 15.4. The molecular weight excluding hydrogens is 693 g/mol. The van der Waals surface area contributed by atoms with Crippen LogP contribution in [0.4, 0.5) is 0 Å². The van der Waals surface area contributed by atoms with Crippen molar-refractivity contribution in [3.8, 4) is 50.5 Å². The van der Waals surface area contributed by atoms with Crippen molar-refractivity contribution in [3.05, 3.63) is 181 Å². The van der Waals surface area contributed by atoms with Crippen LogP contribution in [0.2, 0.25) is 0 Å². The van der Waals surface area contributed by atoms with Crippen LogP contribution in [0, 0.1) is 0 Å². The van der Waals surface area contributed by atoms with E-state index in [4.69, 9.17) is 4.98 Å². The molecule has 4 heteroatoms. The molecule has 0 N–H and O–H groups in total. The van der Waals surface area contributed by atoms with Gasteiger partial charge in [0.05, 0.1) is 22.4 Å². The molecule has 1 aliphatic carbocycles. The first-order chi connectivity index (χ1) is 26.5. The quantitative estimate of drug-likeness (QED) is 0.180. The van der Waals surface area contributed by atoms with Gasteiger partial charge in [-0.3, -0.25) is 0 Å². The van der Waals surface area contributed by atoms with E-state index < -0.39 is 0 Å². The smallest absolute Gasteiger partial charge is 0.0715 e.